The molecule has 192 valence electrons. The Bertz CT molecular complexity index is 1280. The Kier molecular flexibility index (Phi) is 7.82. The Hall–Kier alpha value is -3.15. The molecule has 0 radical (unpaired) electrons. The highest BCUT2D eigenvalue weighted by Crippen LogP contribution is 2.40. The number of nitrogens with zero attached hydrogens (tertiary/aromatic N) is 4. The molecule has 0 saturated heterocycles. The fourth-order valence-corrected chi connectivity index (χ4v) is 4.78. The third-order valence-corrected chi connectivity index (χ3v) is 6.82. The number of imidazole rings is 1. The molecule has 36 heavy (non-hydrogen) atoms. The van der Waals surface area contributed by atoms with E-state index in [-0.39, 0.29) is 18.6 Å². The SMILES string of the molecule is CC(C)(NOCCc1ccccc1)C(=O)NP(=O)(O)OC[C@H]1C=C[C@@H](n2cnc3c(N)ncnc32)C1. The number of amides is 1. The van der Waals surface area contributed by atoms with Crippen molar-refractivity contribution in [3.8, 4) is 0 Å². The molecule has 0 fully saturated rings. The number of hydrogen-bond acceptors (Lipinski definition) is 9. The van der Waals surface area contributed by atoms with Crippen molar-refractivity contribution >= 4 is 30.6 Å². The second-order valence-electron chi connectivity index (χ2n) is 9.10. The van der Waals surface area contributed by atoms with Gasteiger partial charge >= 0.3 is 7.75 Å². The molecule has 0 saturated carbocycles. The van der Waals surface area contributed by atoms with Crippen LogP contribution in [0.25, 0.3) is 11.2 Å². The van der Waals surface area contributed by atoms with Crippen molar-refractivity contribution in [2.75, 3.05) is 18.9 Å². The second kappa shape index (κ2) is 10.9. The van der Waals surface area contributed by atoms with Gasteiger partial charge in [-0.25, -0.2) is 19.5 Å². The zero-order chi connectivity index (χ0) is 25.8. The number of carbonyl (C=O) groups excluding carboxylic acids is 1. The van der Waals surface area contributed by atoms with E-state index in [0.717, 1.165) is 5.56 Å². The van der Waals surface area contributed by atoms with Crippen LogP contribution < -0.4 is 16.3 Å². The third kappa shape index (κ3) is 6.34. The van der Waals surface area contributed by atoms with Crippen molar-refractivity contribution in [3.05, 3.63) is 60.7 Å². The maximum atomic E-state index is 12.6. The number of benzene rings is 1. The number of hydrogen-bond donors (Lipinski definition) is 4. The normalized spacial score (nSPS) is 19.4. The van der Waals surface area contributed by atoms with E-state index in [1.807, 2.05) is 47.1 Å². The van der Waals surface area contributed by atoms with Crippen LogP contribution in [0.3, 0.4) is 0 Å². The van der Waals surface area contributed by atoms with Gasteiger partial charge in [0, 0.05) is 5.92 Å². The van der Waals surface area contributed by atoms with Crippen molar-refractivity contribution in [2.24, 2.45) is 5.92 Å². The van der Waals surface area contributed by atoms with Gasteiger partial charge in [0.25, 0.3) is 5.91 Å². The van der Waals surface area contributed by atoms with Crippen LogP contribution in [0.2, 0.25) is 0 Å². The van der Waals surface area contributed by atoms with Gasteiger partial charge in [-0.1, -0.05) is 42.5 Å². The summed E-state index contributed by atoms with van der Waals surface area (Å²) in [5, 5.41) is 2.09. The first-order valence-electron chi connectivity index (χ1n) is 11.5. The fraction of sp³-hybridized carbons (Fsp3) is 0.391. The first kappa shape index (κ1) is 25.9. The summed E-state index contributed by atoms with van der Waals surface area (Å²) < 4.78 is 19.6. The standard InChI is InChI=1S/C23H30N7O5P/c1-23(2,29-34-11-10-16-6-4-3-5-7-16)22(31)28-36(32,33)35-13-17-8-9-18(12-17)30-15-27-19-20(24)25-14-26-21(19)30/h3-9,14-15,17-18,29H,10-13H2,1-2H3,(H2,24,25,26)(H2,28,31,32,33)/t17-,18+/m0/s1. The summed E-state index contributed by atoms with van der Waals surface area (Å²) in [5.74, 6) is -0.567. The minimum absolute atomic E-state index is 0.0494. The molecule has 1 unspecified atom stereocenters. The Balaban J connectivity index is 1.23. The number of nitrogens with two attached hydrogens (primary N) is 1. The topological polar surface area (TPSA) is 167 Å². The van der Waals surface area contributed by atoms with Gasteiger partial charge in [-0.3, -0.25) is 14.4 Å². The average Bonchev–Trinajstić information content (AvgIpc) is 3.49. The van der Waals surface area contributed by atoms with Crippen molar-refractivity contribution in [1.29, 1.82) is 0 Å². The Morgan fingerprint density at radius 1 is 1.25 bits per heavy atom. The van der Waals surface area contributed by atoms with Gasteiger partial charge in [0.2, 0.25) is 0 Å². The number of rotatable bonds is 11. The van der Waals surface area contributed by atoms with Crippen molar-refractivity contribution < 1.29 is 23.6 Å². The molecular weight excluding hydrogens is 485 g/mol. The summed E-state index contributed by atoms with van der Waals surface area (Å²) in [6, 6.07) is 9.69. The molecule has 12 nitrogen and oxygen atoms in total. The number of hydroxylamine groups is 1. The molecule has 5 N–H and O–H groups in total. The molecule has 3 atom stereocenters. The number of nitrogens with one attached hydrogen (secondary N) is 2. The lowest BCUT2D eigenvalue weighted by Crippen LogP contribution is -2.52. The van der Waals surface area contributed by atoms with Gasteiger partial charge in [-0.05, 0) is 32.3 Å². The number of carbonyl (C=O) groups is 1. The zero-order valence-corrected chi connectivity index (χ0v) is 21.0. The van der Waals surface area contributed by atoms with E-state index in [1.54, 1.807) is 20.2 Å². The van der Waals surface area contributed by atoms with Crippen LogP contribution in [0.5, 0.6) is 0 Å². The minimum atomic E-state index is -4.40. The van der Waals surface area contributed by atoms with Gasteiger partial charge < -0.3 is 20.0 Å². The van der Waals surface area contributed by atoms with E-state index in [4.69, 9.17) is 15.1 Å². The van der Waals surface area contributed by atoms with Crippen LogP contribution in [0.4, 0.5) is 5.82 Å². The summed E-state index contributed by atoms with van der Waals surface area (Å²) in [7, 11) is -4.40. The maximum absolute atomic E-state index is 12.6. The molecule has 0 aliphatic heterocycles. The number of allylic oxidation sites excluding steroid dienone is 1. The second-order valence-corrected chi connectivity index (χ2v) is 10.6. The molecule has 4 rings (SSSR count). The van der Waals surface area contributed by atoms with Crippen LogP contribution in [0.1, 0.15) is 31.9 Å². The molecule has 0 spiro atoms. The molecule has 1 aromatic carbocycles. The van der Waals surface area contributed by atoms with Crippen LogP contribution in [0, 0.1) is 5.92 Å². The smallest absolute Gasteiger partial charge is 0.382 e. The number of nitrogen functional groups attached to an aromatic ring is 1. The number of fused-ring (bicyclic) bond motifs is 1. The van der Waals surface area contributed by atoms with Gasteiger partial charge in [-0.15, -0.1) is 0 Å². The lowest BCUT2D eigenvalue weighted by atomic mass is 10.1. The van der Waals surface area contributed by atoms with Gasteiger partial charge in [0.1, 0.15) is 17.4 Å². The van der Waals surface area contributed by atoms with Gasteiger partial charge in [0.15, 0.2) is 11.5 Å². The lowest BCUT2D eigenvalue weighted by molar-refractivity contribution is -0.131. The largest absolute Gasteiger partial charge is 0.432 e. The summed E-state index contributed by atoms with van der Waals surface area (Å²) >= 11 is 0. The van der Waals surface area contributed by atoms with Crippen LogP contribution >= 0.6 is 7.75 Å². The monoisotopic (exact) mass is 515 g/mol. The predicted octanol–water partition coefficient (Wildman–Crippen LogP) is 2.30. The average molecular weight is 516 g/mol. The summed E-state index contributed by atoms with van der Waals surface area (Å²) in [6.45, 7) is 3.36. The molecule has 1 aliphatic rings. The van der Waals surface area contributed by atoms with E-state index in [2.05, 4.69) is 25.5 Å². The molecule has 2 aromatic heterocycles. The predicted molar refractivity (Wildman–Crippen MR) is 133 cm³/mol. The van der Waals surface area contributed by atoms with Crippen molar-refractivity contribution in [3.63, 3.8) is 0 Å². The van der Waals surface area contributed by atoms with Crippen molar-refractivity contribution in [2.45, 2.75) is 38.3 Å². The maximum Gasteiger partial charge on any atom is 0.432 e. The highest BCUT2D eigenvalue weighted by molar-refractivity contribution is 7.51. The Morgan fingerprint density at radius 2 is 2.03 bits per heavy atom. The summed E-state index contributed by atoms with van der Waals surface area (Å²) in [4.78, 5) is 40.7. The minimum Gasteiger partial charge on any atom is -0.382 e. The first-order valence-corrected chi connectivity index (χ1v) is 13.1. The Morgan fingerprint density at radius 3 is 2.81 bits per heavy atom. The first-order chi connectivity index (χ1) is 17.1. The van der Waals surface area contributed by atoms with E-state index in [1.165, 1.54) is 6.33 Å². The molecule has 1 aliphatic carbocycles. The lowest BCUT2D eigenvalue weighted by Gasteiger charge is -2.26. The highest BCUT2D eigenvalue weighted by atomic mass is 31.2. The van der Waals surface area contributed by atoms with E-state index < -0.39 is 19.2 Å². The molecule has 3 aromatic rings. The molecule has 1 amide bonds. The third-order valence-electron chi connectivity index (χ3n) is 5.83. The van der Waals surface area contributed by atoms with E-state index >= 15 is 0 Å². The highest BCUT2D eigenvalue weighted by Gasteiger charge is 2.35. The van der Waals surface area contributed by atoms with Gasteiger partial charge in [-0.2, -0.15) is 5.48 Å². The van der Waals surface area contributed by atoms with Crippen LogP contribution in [-0.4, -0.2) is 49.1 Å². The molecular formula is C23H30N7O5P. The fourth-order valence-electron chi connectivity index (χ4n) is 3.78. The van der Waals surface area contributed by atoms with Crippen LogP contribution in [-0.2, 0) is 25.1 Å². The Labute approximate surface area is 208 Å². The van der Waals surface area contributed by atoms with Gasteiger partial charge in [0.05, 0.1) is 25.6 Å². The van der Waals surface area contributed by atoms with Crippen molar-refractivity contribution in [1.82, 2.24) is 30.1 Å². The molecule has 2 heterocycles. The molecule has 0 bridgehead atoms. The number of anilines is 1. The summed E-state index contributed by atoms with van der Waals surface area (Å²) in [6.07, 6.45) is 8.12. The van der Waals surface area contributed by atoms with Crippen LogP contribution in [0.15, 0.2) is 55.1 Å². The van der Waals surface area contributed by atoms with E-state index in [9.17, 15) is 14.3 Å². The number of aromatic nitrogens is 4. The van der Waals surface area contributed by atoms with E-state index in [0.29, 0.717) is 36.4 Å². The quantitative estimate of drug-likeness (QED) is 0.129. The molecule has 13 heteroatoms. The summed E-state index contributed by atoms with van der Waals surface area (Å²) in [5.41, 5.74) is 9.46. The zero-order valence-electron chi connectivity index (χ0n) is 20.1.